The van der Waals surface area contributed by atoms with Crippen molar-refractivity contribution in [3.63, 3.8) is 0 Å². The van der Waals surface area contributed by atoms with E-state index in [0.29, 0.717) is 17.9 Å². The highest BCUT2D eigenvalue weighted by Gasteiger charge is 2.31. The zero-order valence-corrected chi connectivity index (χ0v) is 15.8. The first-order valence-electron chi connectivity index (χ1n) is 8.86. The van der Waals surface area contributed by atoms with Gasteiger partial charge in [-0.2, -0.15) is 4.31 Å². The molecule has 1 amide bonds. The van der Waals surface area contributed by atoms with E-state index in [4.69, 9.17) is 4.42 Å². The van der Waals surface area contributed by atoms with E-state index >= 15 is 0 Å². The Balaban J connectivity index is 1.80. The molecule has 140 valence electrons. The summed E-state index contributed by atoms with van der Waals surface area (Å²) in [6.07, 6.45) is 4.32. The minimum Gasteiger partial charge on any atom is -0.467 e. The number of carbonyl (C=O) groups is 1. The Hall–Kier alpha value is -2.12. The molecular weight excluding hydrogens is 352 g/mol. The molecule has 0 unspecified atom stereocenters. The maximum Gasteiger partial charge on any atom is 0.251 e. The van der Waals surface area contributed by atoms with Crippen LogP contribution in [0.4, 0.5) is 0 Å². The second kappa shape index (κ2) is 7.63. The second-order valence-corrected chi connectivity index (χ2v) is 8.59. The summed E-state index contributed by atoms with van der Waals surface area (Å²) >= 11 is 0. The first-order chi connectivity index (χ1) is 12.4. The van der Waals surface area contributed by atoms with Gasteiger partial charge < -0.3 is 9.73 Å². The van der Waals surface area contributed by atoms with E-state index in [9.17, 15) is 13.2 Å². The van der Waals surface area contributed by atoms with Gasteiger partial charge in [0, 0.05) is 18.2 Å². The predicted molar refractivity (Wildman–Crippen MR) is 98.2 cm³/mol. The van der Waals surface area contributed by atoms with Gasteiger partial charge in [0.25, 0.3) is 5.91 Å². The van der Waals surface area contributed by atoms with Gasteiger partial charge in [-0.05, 0) is 57.0 Å². The standard InChI is InChI=1S/C19H24N2O4S/c1-14-7-3-4-11-21(14)26(23,24)17-9-5-8-16(13-17)19(22)20-15(2)18-10-6-12-25-18/h5-6,8-10,12-15H,3-4,7,11H2,1-2H3,(H,20,22)/t14-,15-/m0/s1. The van der Waals surface area contributed by atoms with Crippen molar-refractivity contribution >= 4 is 15.9 Å². The maximum absolute atomic E-state index is 13.0. The van der Waals surface area contributed by atoms with Gasteiger partial charge in [-0.25, -0.2) is 8.42 Å². The van der Waals surface area contributed by atoms with Crippen LogP contribution in [0.1, 0.15) is 55.3 Å². The Morgan fingerprint density at radius 3 is 2.77 bits per heavy atom. The zero-order chi connectivity index (χ0) is 18.7. The number of nitrogens with zero attached hydrogens (tertiary/aromatic N) is 1. The molecule has 2 atom stereocenters. The lowest BCUT2D eigenvalue weighted by Crippen LogP contribution is -2.42. The molecule has 1 aromatic carbocycles. The van der Waals surface area contributed by atoms with Gasteiger partial charge in [0.05, 0.1) is 17.2 Å². The molecule has 1 aromatic heterocycles. The van der Waals surface area contributed by atoms with Crippen molar-refractivity contribution in [1.82, 2.24) is 9.62 Å². The minimum atomic E-state index is -3.60. The van der Waals surface area contributed by atoms with E-state index < -0.39 is 10.0 Å². The highest BCUT2D eigenvalue weighted by molar-refractivity contribution is 7.89. The molecule has 1 aliphatic rings. The predicted octanol–water partition coefficient (Wildman–Crippen LogP) is 3.33. The van der Waals surface area contributed by atoms with Gasteiger partial charge in [0.15, 0.2) is 0 Å². The fourth-order valence-electron chi connectivity index (χ4n) is 3.25. The van der Waals surface area contributed by atoms with E-state index in [0.717, 1.165) is 19.3 Å². The Morgan fingerprint density at radius 1 is 1.27 bits per heavy atom. The number of hydrogen-bond acceptors (Lipinski definition) is 4. The van der Waals surface area contributed by atoms with E-state index in [-0.39, 0.29) is 22.9 Å². The average Bonchev–Trinajstić information content (AvgIpc) is 3.17. The summed E-state index contributed by atoms with van der Waals surface area (Å²) in [5.74, 6) is 0.307. The van der Waals surface area contributed by atoms with Crippen LogP contribution < -0.4 is 5.32 Å². The first-order valence-corrected chi connectivity index (χ1v) is 10.3. The lowest BCUT2D eigenvalue weighted by atomic mass is 10.1. The summed E-state index contributed by atoms with van der Waals surface area (Å²) in [4.78, 5) is 12.7. The normalized spacial score (nSPS) is 19.8. The fourth-order valence-corrected chi connectivity index (χ4v) is 5.00. The Morgan fingerprint density at radius 2 is 2.08 bits per heavy atom. The number of nitrogens with one attached hydrogen (secondary N) is 1. The first kappa shape index (κ1) is 18.7. The molecule has 1 fully saturated rings. The fraction of sp³-hybridized carbons (Fsp3) is 0.421. The molecule has 1 N–H and O–H groups in total. The van der Waals surface area contributed by atoms with Crippen molar-refractivity contribution in [3.8, 4) is 0 Å². The van der Waals surface area contributed by atoms with Crippen LogP contribution in [-0.2, 0) is 10.0 Å². The maximum atomic E-state index is 13.0. The summed E-state index contributed by atoms with van der Waals surface area (Å²) in [5.41, 5.74) is 0.314. The van der Waals surface area contributed by atoms with Gasteiger partial charge in [-0.3, -0.25) is 4.79 Å². The molecule has 1 saturated heterocycles. The van der Waals surface area contributed by atoms with Crippen molar-refractivity contribution < 1.29 is 17.6 Å². The highest BCUT2D eigenvalue weighted by Crippen LogP contribution is 2.25. The van der Waals surface area contributed by atoms with Gasteiger partial charge >= 0.3 is 0 Å². The Bertz CT molecular complexity index is 861. The second-order valence-electron chi connectivity index (χ2n) is 6.70. The van der Waals surface area contributed by atoms with Crippen molar-refractivity contribution in [2.45, 2.75) is 50.1 Å². The summed E-state index contributed by atoms with van der Waals surface area (Å²) in [6, 6.07) is 9.42. The Kier molecular flexibility index (Phi) is 5.48. The zero-order valence-electron chi connectivity index (χ0n) is 15.0. The summed E-state index contributed by atoms with van der Waals surface area (Å²) in [7, 11) is -3.60. The molecule has 0 spiro atoms. The monoisotopic (exact) mass is 376 g/mol. The lowest BCUT2D eigenvalue weighted by molar-refractivity contribution is 0.0935. The van der Waals surface area contributed by atoms with Crippen molar-refractivity contribution in [2.24, 2.45) is 0 Å². The number of piperidine rings is 1. The molecule has 26 heavy (non-hydrogen) atoms. The van der Waals surface area contributed by atoms with E-state index in [2.05, 4.69) is 5.32 Å². The molecule has 6 nitrogen and oxygen atoms in total. The number of furan rings is 1. The third-order valence-electron chi connectivity index (χ3n) is 4.76. The molecular formula is C19H24N2O4S. The topological polar surface area (TPSA) is 79.6 Å². The molecule has 2 aromatic rings. The van der Waals surface area contributed by atoms with E-state index in [1.165, 1.54) is 6.07 Å². The largest absolute Gasteiger partial charge is 0.467 e. The van der Waals surface area contributed by atoms with Crippen LogP contribution >= 0.6 is 0 Å². The molecule has 0 radical (unpaired) electrons. The molecule has 2 heterocycles. The number of amides is 1. The van der Waals surface area contributed by atoms with Crippen molar-refractivity contribution in [3.05, 3.63) is 54.0 Å². The third-order valence-corrected chi connectivity index (χ3v) is 6.77. The smallest absolute Gasteiger partial charge is 0.251 e. The summed E-state index contributed by atoms with van der Waals surface area (Å²) in [6.45, 7) is 4.26. The van der Waals surface area contributed by atoms with Crippen LogP contribution in [-0.4, -0.2) is 31.2 Å². The molecule has 0 aliphatic carbocycles. The van der Waals surface area contributed by atoms with Crippen LogP contribution in [0.3, 0.4) is 0 Å². The number of rotatable bonds is 5. The van der Waals surface area contributed by atoms with Crippen LogP contribution in [0.5, 0.6) is 0 Å². The van der Waals surface area contributed by atoms with Crippen LogP contribution in [0.2, 0.25) is 0 Å². The van der Waals surface area contributed by atoms with Crippen molar-refractivity contribution in [1.29, 1.82) is 0 Å². The van der Waals surface area contributed by atoms with Crippen LogP contribution in [0.15, 0.2) is 52.0 Å². The van der Waals surface area contributed by atoms with Gasteiger partial charge in [-0.1, -0.05) is 12.5 Å². The Labute approximate surface area is 154 Å². The van der Waals surface area contributed by atoms with Crippen molar-refractivity contribution in [2.75, 3.05) is 6.54 Å². The average molecular weight is 376 g/mol. The van der Waals surface area contributed by atoms with Crippen LogP contribution in [0.25, 0.3) is 0 Å². The molecule has 1 aliphatic heterocycles. The highest BCUT2D eigenvalue weighted by atomic mass is 32.2. The minimum absolute atomic E-state index is 0.0230. The lowest BCUT2D eigenvalue weighted by Gasteiger charge is -2.32. The third kappa shape index (κ3) is 3.83. The molecule has 7 heteroatoms. The number of hydrogen-bond donors (Lipinski definition) is 1. The van der Waals surface area contributed by atoms with E-state index in [1.807, 2.05) is 13.8 Å². The van der Waals surface area contributed by atoms with Gasteiger partial charge in [-0.15, -0.1) is 0 Å². The number of sulfonamides is 1. The van der Waals surface area contributed by atoms with Gasteiger partial charge in [0.2, 0.25) is 10.0 Å². The summed E-state index contributed by atoms with van der Waals surface area (Å²) < 4.78 is 32.7. The molecule has 0 bridgehead atoms. The number of carbonyl (C=O) groups excluding carboxylic acids is 1. The quantitative estimate of drug-likeness (QED) is 0.868. The summed E-state index contributed by atoms with van der Waals surface area (Å²) in [5, 5.41) is 2.82. The van der Waals surface area contributed by atoms with E-state index in [1.54, 1.807) is 40.9 Å². The van der Waals surface area contributed by atoms with Crippen LogP contribution in [0, 0.1) is 0 Å². The number of benzene rings is 1. The molecule has 0 saturated carbocycles. The van der Waals surface area contributed by atoms with Gasteiger partial charge in [0.1, 0.15) is 5.76 Å². The SMILES string of the molecule is C[C@H](NC(=O)c1cccc(S(=O)(=O)N2CCCC[C@@H]2C)c1)c1ccco1. The molecule has 3 rings (SSSR count).